The van der Waals surface area contributed by atoms with E-state index in [0.717, 1.165) is 88.7 Å². The minimum atomic E-state index is -0.742. The van der Waals surface area contributed by atoms with E-state index in [2.05, 4.69) is 73.7 Å². The molecule has 17 nitrogen and oxygen atoms in total. The molecule has 3 aromatic heterocycles. The van der Waals surface area contributed by atoms with E-state index in [1.165, 1.54) is 6.33 Å². The van der Waals surface area contributed by atoms with Gasteiger partial charge in [0.05, 0.1) is 18.7 Å². The number of aliphatic hydroxyl groups excluding tert-OH is 1. The SMILES string of the molecule is CC(C)C(c1ncccn1)N1CC2(CCCN2)C1=O.CC(C)c1nccc(N2CC3(CCCN3)C2=O)n1.C[C@@H](O)C(c1ncno1)N1CC2(CCCN2)C1=O. The molecule has 6 aliphatic rings. The van der Waals surface area contributed by atoms with E-state index in [0.29, 0.717) is 12.5 Å². The molecule has 3 aromatic rings. The number of amides is 3. The first kappa shape index (κ1) is 38.8. The maximum absolute atomic E-state index is 12.5. The summed E-state index contributed by atoms with van der Waals surface area (Å²) < 4.78 is 4.98. The van der Waals surface area contributed by atoms with Crippen LogP contribution in [0, 0.1) is 5.92 Å². The van der Waals surface area contributed by atoms with Crippen LogP contribution in [0.5, 0.6) is 0 Å². The molecule has 0 aromatic carbocycles. The Labute approximate surface area is 321 Å². The number of hydrogen-bond donors (Lipinski definition) is 4. The zero-order valence-electron chi connectivity index (χ0n) is 32.4. The largest absolute Gasteiger partial charge is 0.391 e. The molecule has 0 bridgehead atoms. The minimum absolute atomic E-state index is 0.0123. The Hall–Kier alpha value is -4.45. The maximum Gasteiger partial charge on any atom is 0.251 e. The Balaban J connectivity index is 0.000000127. The highest BCUT2D eigenvalue weighted by Gasteiger charge is 2.58. The van der Waals surface area contributed by atoms with Crippen LogP contribution in [0.4, 0.5) is 5.82 Å². The van der Waals surface area contributed by atoms with Crippen LogP contribution in [-0.2, 0) is 14.4 Å². The lowest BCUT2D eigenvalue weighted by atomic mass is 9.83. The minimum Gasteiger partial charge on any atom is -0.391 e. The summed E-state index contributed by atoms with van der Waals surface area (Å²) in [6.45, 7) is 14.8. The van der Waals surface area contributed by atoms with Crippen LogP contribution < -0.4 is 20.9 Å². The van der Waals surface area contributed by atoms with Crippen molar-refractivity contribution in [2.75, 3.05) is 44.2 Å². The molecule has 17 heteroatoms. The van der Waals surface area contributed by atoms with Gasteiger partial charge in [0.1, 0.15) is 34.3 Å². The van der Waals surface area contributed by atoms with Crippen LogP contribution in [0.15, 0.2) is 41.6 Å². The lowest BCUT2D eigenvalue weighted by molar-refractivity contribution is -0.161. The smallest absolute Gasteiger partial charge is 0.251 e. The number of β-lactam (4-membered cyclic amide) rings is 3. The summed E-state index contributed by atoms with van der Waals surface area (Å²) in [7, 11) is 0. The van der Waals surface area contributed by atoms with E-state index in [9.17, 15) is 19.5 Å². The van der Waals surface area contributed by atoms with E-state index >= 15 is 0 Å². The number of nitrogens with zero attached hydrogens (tertiary/aromatic N) is 9. The summed E-state index contributed by atoms with van der Waals surface area (Å²) in [5.74, 6) is 3.54. The zero-order chi connectivity index (χ0) is 39.0. The molecule has 6 atom stereocenters. The second-order valence-electron chi connectivity index (χ2n) is 16.3. The normalized spacial score (nSPS) is 28.5. The average Bonchev–Trinajstić information content (AvgIpc) is 4.03. The van der Waals surface area contributed by atoms with E-state index in [1.54, 1.807) is 41.4 Å². The van der Waals surface area contributed by atoms with E-state index < -0.39 is 17.7 Å². The second-order valence-corrected chi connectivity index (χ2v) is 16.3. The lowest BCUT2D eigenvalue weighted by Gasteiger charge is -2.50. The number of carbonyl (C=O) groups excluding carboxylic acids is 3. The van der Waals surface area contributed by atoms with E-state index in [1.807, 2.05) is 11.0 Å². The molecule has 3 spiro atoms. The molecule has 9 heterocycles. The van der Waals surface area contributed by atoms with Crippen molar-refractivity contribution in [1.29, 1.82) is 0 Å². The molecule has 0 radical (unpaired) electrons. The van der Waals surface area contributed by atoms with E-state index in [4.69, 9.17) is 4.52 Å². The van der Waals surface area contributed by atoms with Crippen LogP contribution in [0.1, 0.15) is 109 Å². The highest BCUT2D eigenvalue weighted by Crippen LogP contribution is 2.40. The van der Waals surface area contributed by atoms with Gasteiger partial charge in [-0.2, -0.15) is 4.98 Å². The maximum atomic E-state index is 12.5. The molecule has 55 heavy (non-hydrogen) atoms. The van der Waals surface area contributed by atoms with Crippen molar-refractivity contribution in [3.05, 3.63) is 54.6 Å². The number of rotatable bonds is 8. The first-order chi connectivity index (χ1) is 26.4. The Morgan fingerprint density at radius 1 is 0.709 bits per heavy atom. The van der Waals surface area contributed by atoms with Crippen molar-refractivity contribution >= 4 is 23.5 Å². The van der Waals surface area contributed by atoms with Crippen LogP contribution >= 0.6 is 0 Å². The molecule has 6 saturated heterocycles. The molecule has 5 unspecified atom stereocenters. The Kier molecular flexibility index (Phi) is 11.0. The standard InChI is InChI=1S/C14H20N4O.C13H18N4O.C11H16N4O3/c1-10(2)11(12-15-6-4-7-16-12)18-9-14(13(18)19)5-3-8-17-14;1-9(2)11-14-7-4-10(16-11)17-8-13(12(17)18)5-3-6-15-13;1-7(16)8(9-12-6-14-18-9)15-5-11(10(15)17)3-2-4-13-11/h4,6-7,10-11,17H,3,5,8-9H2,1-2H3;4,7,9,15H,3,5-6,8H2,1-2H3;6-8,13,16H,2-5H2,1H3/t;;7-,8?,11?/m..1/s1. The number of anilines is 1. The fourth-order valence-corrected chi connectivity index (χ4v) is 8.77. The molecular weight excluding hydrogens is 704 g/mol. The first-order valence-corrected chi connectivity index (χ1v) is 19.6. The number of aromatic nitrogens is 6. The third-order valence-corrected chi connectivity index (χ3v) is 11.7. The third kappa shape index (κ3) is 7.22. The number of carbonyl (C=O) groups is 3. The van der Waals surface area contributed by atoms with E-state index in [-0.39, 0.29) is 46.6 Å². The van der Waals surface area contributed by atoms with Crippen LogP contribution in [0.3, 0.4) is 0 Å². The number of hydrogen-bond acceptors (Lipinski definition) is 14. The van der Waals surface area contributed by atoms with Gasteiger partial charge < -0.3 is 35.4 Å². The van der Waals surface area contributed by atoms with Gasteiger partial charge >= 0.3 is 0 Å². The van der Waals surface area contributed by atoms with Gasteiger partial charge in [0.25, 0.3) is 5.89 Å². The summed E-state index contributed by atoms with van der Waals surface area (Å²) in [5, 5.41) is 23.3. The predicted octanol–water partition coefficient (Wildman–Crippen LogP) is 1.66. The predicted molar refractivity (Wildman–Crippen MR) is 200 cm³/mol. The van der Waals surface area contributed by atoms with Gasteiger partial charge in [-0.1, -0.05) is 32.9 Å². The number of likely N-dealkylation sites (tertiary alicyclic amines) is 2. The fourth-order valence-electron chi connectivity index (χ4n) is 8.77. The van der Waals surface area contributed by atoms with Crippen molar-refractivity contribution in [2.45, 2.75) is 114 Å². The van der Waals surface area contributed by atoms with Crippen molar-refractivity contribution in [3.8, 4) is 0 Å². The Bertz CT molecular complexity index is 1800. The molecule has 0 saturated carbocycles. The van der Waals surface area contributed by atoms with Gasteiger partial charge in [0.2, 0.25) is 17.7 Å². The third-order valence-electron chi connectivity index (χ3n) is 11.7. The zero-order valence-corrected chi connectivity index (χ0v) is 32.4. The van der Waals surface area contributed by atoms with Gasteiger partial charge in [0, 0.05) is 37.6 Å². The molecule has 296 valence electrons. The van der Waals surface area contributed by atoms with Gasteiger partial charge in [0.15, 0.2) is 12.2 Å². The van der Waals surface area contributed by atoms with Crippen molar-refractivity contribution in [1.82, 2.24) is 55.8 Å². The van der Waals surface area contributed by atoms with Gasteiger partial charge in [-0.3, -0.25) is 19.3 Å². The van der Waals surface area contributed by atoms with Crippen LogP contribution in [0.25, 0.3) is 0 Å². The second kappa shape index (κ2) is 15.6. The Morgan fingerprint density at radius 2 is 1.25 bits per heavy atom. The highest BCUT2D eigenvalue weighted by atomic mass is 16.5. The number of aliphatic hydroxyl groups is 1. The summed E-state index contributed by atoms with van der Waals surface area (Å²) in [4.78, 5) is 63.7. The summed E-state index contributed by atoms with van der Waals surface area (Å²) in [6.07, 6.45) is 11.7. The first-order valence-electron chi connectivity index (χ1n) is 19.6. The molecule has 3 amide bonds. The molecule has 6 aliphatic heterocycles. The van der Waals surface area contributed by atoms with Crippen molar-refractivity contribution < 1.29 is 24.0 Å². The van der Waals surface area contributed by atoms with Gasteiger partial charge in [-0.15, -0.1) is 0 Å². The van der Waals surface area contributed by atoms with Crippen molar-refractivity contribution in [3.63, 3.8) is 0 Å². The Morgan fingerprint density at radius 3 is 1.69 bits per heavy atom. The van der Waals surface area contributed by atoms with Crippen LogP contribution in [-0.4, -0.2) is 125 Å². The molecule has 9 rings (SSSR count). The highest BCUT2D eigenvalue weighted by molar-refractivity contribution is 6.07. The molecule has 4 N–H and O–H groups in total. The fraction of sp³-hybridized carbons (Fsp3) is 0.658. The van der Waals surface area contributed by atoms with Gasteiger partial charge in [-0.25, -0.2) is 19.9 Å². The monoisotopic (exact) mass is 758 g/mol. The molecule has 0 aliphatic carbocycles. The average molecular weight is 759 g/mol. The topological polar surface area (TPSA) is 208 Å². The summed E-state index contributed by atoms with van der Waals surface area (Å²) in [5.41, 5.74) is -0.974. The summed E-state index contributed by atoms with van der Waals surface area (Å²) in [6, 6.07) is 3.06. The molecular formula is C38H54N12O5. The van der Waals surface area contributed by atoms with Crippen molar-refractivity contribution in [2.24, 2.45) is 5.92 Å². The molecule has 6 fully saturated rings. The lowest BCUT2D eigenvalue weighted by Crippen LogP contribution is -2.72. The summed E-state index contributed by atoms with van der Waals surface area (Å²) >= 11 is 0. The van der Waals surface area contributed by atoms with Gasteiger partial charge in [-0.05, 0) is 83.1 Å². The van der Waals surface area contributed by atoms with Crippen LogP contribution in [0.2, 0.25) is 0 Å². The number of nitrogens with one attached hydrogen (secondary N) is 3. The quantitative estimate of drug-likeness (QED) is 0.241.